The summed E-state index contributed by atoms with van der Waals surface area (Å²) in [6.45, 7) is 7.57. The van der Waals surface area contributed by atoms with Gasteiger partial charge in [0.15, 0.2) is 0 Å². The highest BCUT2D eigenvalue weighted by atomic mass is 16.5. The Hall–Kier alpha value is -1.62. The molecule has 1 saturated carbocycles. The maximum absolute atomic E-state index is 12.9. The Balaban J connectivity index is 2.04. The van der Waals surface area contributed by atoms with E-state index in [9.17, 15) is 4.79 Å². The molecule has 1 amide bonds. The van der Waals surface area contributed by atoms with Crippen LogP contribution in [0.2, 0.25) is 0 Å². The molecule has 5 nitrogen and oxygen atoms in total. The fourth-order valence-corrected chi connectivity index (χ4v) is 3.19. The minimum Gasteiger partial charge on any atom is -0.478 e. The first kappa shape index (κ1) is 18.7. The number of hydrogen-bond acceptors (Lipinski definition) is 4. The molecule has 2 rings (SSSR count). The number of carbonyl (C=O) groups is 1. The average molecular weight is 334 g/mol. The van der Waals surface area contributed by atoms with Gasteiger partial charge >= 0.3 is 0 Å². The van der Waals surface area contributed by atoms with Gasteiger partial charge in [-0.05, 0) is 44.1 Å². The third-order valence-electron chi connectivity index (χ3n) is 4.40. The molecule has 0 spiro atoms. The number of hydrogen-bond donors (Lipinski definition) is 1. The molecular formula is C19H30N2O3. The molecule has 1 heterocycles. The molecule has 0 bridgehead atoms. The van der Waals surface area contributed by atoms with E-state index in [0.29, 0.717) is 30.7 Å². The van der Waals surface area contributed by atoms with Crippen molar-refractivity contribution >= 4 is 11.6 Å². The van der Waals surface area contributed by atoms with E-state index < -0.39 is 5.60 Å². The van der Waals surface area contributed by atoms with Crippen LogP contribution in [-0.4, -0.2) is 29.7 Å². The Morgan fingerprint density at radius 3 is 2.75 bits per heavy atom. The van der Waals surface area contributed by atoms with Crippen molar-refractivity contribution in [2.45, 2.75) is 64.9 Å². The van der Waals surface area contributed by atoms with Gasteiger partial charge < -0.3 is 14.8 Å². The van der Waals surface area contributed by atoms with E-state index >= 15 is 0 Å². The van der Waals surface area contributed by atoms with Crippen molar-refractivity contribution < 1.29 is 14.3 Å². The highest BCUT2D eigenvalue weighted by Gasteiger charge is 2.42. The van der Waals surface area contributed by atoms with Crippen molar-refractivity contribution in [1.82, 2.24) is 4.98 Å². The molecule has 1 aromatic rings. The van der Waals surface area contributed by atoms with Gasteiger partial charge in [-0.25, -0.2) is 4.98 Å². The van der Waals surface area contributed by atoms with E-state index in [1.807, 2.05) is 6.07 Å². The molecule has 0 aromatic carbocycles. The van der Waals surface area contributed by atoms with Gasteiger partial charge in [-0.1, -0.05) is 27.2 Å². The van der Waals surface area contributed by atoms with Crippen LogP contribution in [0.25, 0.3) is 0 Å². The van der Waals surface area contributed by atoms with Crippen LogP contribution in [0, 0.1) is 5.92 Å². The predicted molar refractivity (Wildman–Crippen MR) is 95.3 cm³/mol. The summed E-state index contributed by atoms with van der Waals surface area (Å²) >= 11 is 0. The standard InChI is InChI=1S/C19H30N2O3/c1-4-11-23-17-9-8-16(14-20-17)21-18(22)19(24-12-5-2)10-6-7-15(3)13-19/h8-9,14-15H,4-7,10-13H2,1-3H3,(H,21,22). The molecule has 1 aromatic heterocycles. The lowest BCUT2D eigenvalue weighted by molar-refractivity contribution is -0.148. The fourth-order valence-electron chi connectivity index (χ4n) is 3.19. The summed E-state index contributed by atoms with van der Waals surface area (Å²) in [5.74, 6) is 1.04. The van der Waals surface area contributed by atoms with Gasteiger partial charge in [0.05, 0.1) is 18.5 Å². The van der Waals surface area contributed by atoms with Crippen LogP contribution in [0.3, 0.4) is 0 Å². The van der Waals surface area contributed by atoms with Gasteiger partial charge in [-0.3, -0.25) is 4.79 Å². The molecule has 1 aliphatic carbocycles. The van der Waals surface area contributed by atoms with Crippen molar-refractivity contribution in [3.63, 3.8) is 0 Å². The van der Waals surface area contributed by atoms with Crippen LogP contribution < -0.4 is 10.1 Å². The zero-order chi connectivity index (χ0) is 17.4. The summed E-state index contributed by atoms with van der Waals surface area (Å²) in [5.41, 5.74) is -0.0213. The first-order chi connectivity index (χ1) is 11.6. The normalized spacial score (nSPS) is 23.7. The predicted octanol–water partition coefficient (Wildman–Crippen LogP) is 4.18. The molecule has 2 unspecified atom stereocenters. The van der Waals surface area contributed by atoms with Crippen molar-refractivity contribution in [3.05, 3.63) is 18.3 Å². The molecule has 5 heteroatoms. The van der Waals surface area contributed by atoms with E-state index in [2.05, 4.69) is 31.1 Å². The second-order valence-corrected chi connectivity index (χ2v) is 6.73. The van der Waals surface area contributed by atoms with Gasteiger partial charge in [-0.2, -0.15) is 0 Å². The monoisotopic (exact) mass is 334 g/mol. The number of carbonyl (C=O) groups excluding carboxylic acids is 1. The largest absolute Gasteiger partial charge is 0.478 e. The smallest absolute Gasteiger partial charge is 0.256 e. The van der Waals surface area contributed by atoms with Gasteiger partial charge in [0.2, 0.25) is 5.88 Å². The van der Waals surface area contributed by atoms with E-state index in [0.717, 1.165) is 38.5 Å². The number of pyridine rings is 1. The highest BCUT2D eigenvalue weighted by molar-refractivity contribution is 5.97. The van der Waals surface area contributed by atoms with Crippen LogP contribution in [0.1, 0.15) is 59.3 Å². The molecule has 0 saturated heterocycles. The number of rotatable bonds is 8. The van der Waals surface area contributed by atoms with E-state index in [-0.39, 0.29) is 5.91 Å². The lowest BCUT2D eigenvalue weighted by atomic mass is 9.78. The Kier molecular flexibility index (Phi) is 7.03. The van der Waals surface area contributed by atoms with Crippen LogP contribution in [0.15, 0.2) is 18.3 Å². The fraction of sp³-hybridized carbons (Fsp3) is 0.684. The summed E-state index contributed by atoms with van der Waals surface area (Å²) < 4.78 is 11.5. The van der Waals surface area contributed by atoms with Crippen LogP contribution in [0.4, 0.5) is 5.69 Å². The summed E-state index contributed by atoms with van der Waals surface area (Å²) in [6, 6.07) is 3.62. The second kappa shape index (κ2) is 9.02. The number of amides is 1. The number of nitrogens with zero attached hydrogens (tertiary/aromatic N) is 1. The first-order valence-electron chi connectivity index (χ1n) is 9.14. The lowest BCUT2D eigenvalue weighted by Crippen LogP contribution is -2.48. The minimum atomic E-state index is -0.703. The van der Waals surface area contributed by atoms with Crippen molar-refractivity contribution in [2.75, 3.05) is 18.5 Å². The SMILES string of the molecule is CCCOc1ccc(NC(=O)C2(OCCC)CCCC(C)C2)cn1. The zero-order valence-electron chi connectivity index (χ0n) is 15.1. The average Bonchev–Trinajstić information content (AvgIpc) is 2.59. The van der Waals surface area contributed by atoms with Crippen molar-refractivity contribution in [3.8, 4) is 5.88 Å². The summed E-state index contributed by atoms with van der Waals surface area (Å²) in [7, 11) is 0. The van der Waals surface area contributed by atoms with Crippen molar-refractivity contribution in [2.24, 2.45) is 5.92 Å². The third kappa shape index (κ3) is 4.94. The topological polar surface area (TPSA) is 60.5 Å². The molecule has 1 aliphatic rings. The molecular weight excluding hydrogens is 304 g/mol. The van der Waals surface area contributed by atoms with Gasteiger partial charge in [0, 0.05) is 12.7 Å². The summed E-state index contributed by atoms with van der Waals surface area (Å²) in [5, 5.41) is 2.98. The highest BCUT2D eigenvalue weighted by Crippen LogP contribution is 2.36. The molecule has 2 atom stereocenters. The first-order valence-corrected chi connectivity index (χ1v) is 9.14. The molecule has 1 fully saturated rings. The van der Waals surface area contributed by atoms with E-state index in [4.69, 9.17) is 9.47 Å². The van der Waals surface area contributed by atoms with E-state index in [1.54, 1.807) is 12.3 Å². The maximum atomic E-state index is 12.9. The number of nitrogens with one attached hydrogen (secondary N) is 1. The van der Waals surface area contributed by atoms with Crippen LogP contribution in [-0.2, 0) is 9.53 Å². The zero-order valence-corrected chi connectivity index (χ0v) is 15.1. The Morgan fingerprint density at radius 1 is 1.33 bits per heavy atom. The van der Waals surface area contributed by atoms with E-state index in [1.165, 1.54) is 0 Å². The second-order valence-electron chi connectivity index (χ2n) is 6.73. The number of anilines is 1. The third-order valence-corrected chi connectivity index (χ3v) is 4.40. The molecule has 0 aliphatic heterocycles. The molecule has 0 radical (unpaired) electrons. The molecule has 1 N–H and O–H groups in total. The minimum absolute atomic E-state index is 0.0495. The maximum Gasteiger partial charge on any atom is 0.256 e. The molecule has 24 heavy (non-hydrogen) atoms. The van der Waals surface area contributed by atoms with Crippen LogP contribution >= 0.6 is 0 Å². The molecule has 134 valence electrons. The van der Waals surface area contributed by atoms with Crippen LogP contribution in [0.5, 0.6) is 5.88 Å². The summed E-state index contributed by atoms with van der Waals surface area (Å²) in [4.78, 5) is 17.1. The number of aromatic nitrogens is 1. The number of ether oxygens (including phenoxy) is 2. The van der Waals surface area contributed by atoms with Gasteiger partial charge in [-0.15, -0.1) is 0 Å². The Bertz CT molecular complexity index is 518. The van der Waals surface area contributed by atoms with Crippen molar-refractivity contribution in [1.29, 1.82) is 0 Å². The lowest BCUT2D eigenvalue weighted by Gasteiger charge is -2.38. The Labute approximate surface area is 145 Å². The quantitative estimate of drug-likeness (QED) is 0.774. The summed E-state index contributed by atoms with van der Waals surface area (Å²) in [6.07, 6.45) is 7.25. The van der Waals surface area contributed by atoms with Gasteiger partial charge in [0.25, 0.3) is 5.91 Å². The Morgan fingerprint density at radius 2 is 2.12 bits per heavy atom. The van der Waals surface area contributed by atoms with Gasteiger partial charge in [0.1, 0.15) is 5.60 Å².